The van der Waals surface area contributed by atoms with Gasteiger partial charge in [-0.25, -0.2) is 0 Å². The van der Waals surface area contributed by atoms with E-state index in [0.29, 0.717) is 21.6 Å². The molecule has 0 unspecified atom stereocenters. The lowest BCUT2D eigenvalue weighted by Gasteiger charge is -2.11. The molecule has 2 N–H and O–H groups in total. The van der Waals surface area contributed by atoms with Crippen LogP contribution in [-0.4, -0.2) is 16.6 Å². The topological polar surface area (TPSA) is 54.4 Å². The third-order valence-corrected chi connectivity index (χ3v) is 3.29. The van der Waals surface area contributed by atoms with Crippen molar-refractivity contribution < 1.29 is 9.84 Å². The highest BCUT2D eigenvalue weighted by molar-refractivity contribution is 6.36. The molecule has 1 aromatic carbocycles. The van der Waals surface area contributed by atoms with Crippen LogP contribution in [0.5, 0.6) is 11.6 Å². The summed E-state index contributed by atoms with van der Waals surface area (Å²) in [4.78, 5) is 4.30. The van der Waals surface area contributed by atoms with Crippen LogP contribution in [0.1, 0.15) is 18.9 Å². The number of aromatic nitrogens is 1. The highest BCUT2D eigenvalue weighted by Gasteiger charge is 2.11. The minimum Gasteiger partial charge on any atom is -0.437 e. The van der Waals surface area contributed by atoms with Gasteiger partial charge in [0, 0.05) is 6.54 Å². The molecule has 0 radical (unpaired) electrons. The van der Waals surface area contributed by atoms with Gasteiger partial charge in [0.2, 0.25) is 5.88 Å². The van der Waals surface area contributed by atoms with Gasteiger partial charge in [-0.1, -0.05) is 42.3 Å². The number of anilines is 1. The van der Waals surface area contributed by atoms with Gasteiger partial charge in [-0.05, 0) is 30.2 Å². The fraction of sp³-hybridized carbons (Fsp3) is 0.267. The molecule has 112 valence electrons. The zero-order valence-corrected chi connectivity index (χ0v) is 13.1. The summed E-state index contributed by atoms with van der Waals surface area (Å²) in [5.74, 6) is 1.37. The average molecular weight is 327 g/mol. The van der Waals surface area contributed by atoms with Crippen LogP contribution in [0, 0.1) is 0 Å². The van der Waals surface area contributed by atoms with Crippen LogP contribution in [0.3, 0.4) is 0 Å². The van der Waals surface area contributed by atoms with Gasteiger partial charge in [0.15, 0.2) is 0 Å². The number of aliphatic hydroxyl groups is 1. The number of rotatable bonds is 6. The van der Waals surface area contributed by atoms with E-state index >= 15 is 0 Å². The molecule has 0 atom stereocenters. The van der Waals surface area contributed by atoms with E-state index < -0.39 is 0 Å². The molecule has 21 heavy (non-hydrogen) atoms. The first-order valence-corrected chi connectivity index (χ1v) is 7.37. The predicted octanol–water partition coefficient (Wildman–Crippen LogP) is 4.49. The van der Waals surface area contributed by atoms with Crippen LogP contribution in [0.2, 0.25) is 10.0 Å². The van der Waals surface area contributed by atoms with E-state index in [1.54, 1.807) is 30.3 Å². The second-order valence-corrected chi connectivity index (χ2v) is 5.25. The lowest BCUT2D eigenvalue weighted by Crippen LogP contribution is -2.03. The SMILES string of the molecule is CCCNc1nc(Oc2cccc(CO)c2)c(Cl)cc1Cl. The Morgan fingerprint density at radius 1 is 1.24 bits per heavy atom. The van der Waals surface area contributed by atoms with E-state index in [1.165, 1.54) is 0 Å². The molecule has 0 spiro atoms. The molecule has 0 aliphatic heterocycles. The number of aliphatic hydroxyl groups excluding tert-OH is 1. The Hall–Kier alpha value is -1.49. The van der Waals surface area contributed by atoms with Gasteiger partial charge in [-0.15, -0.1) is 0 Å². The summed E-state index contributed by atoms with van der Waals surface area (Å²) in [7, 11) is 0. The third-order valence-electron chi connectivity index (χ3n) is 2.74. The first-order valence-electron chi connectivity index (χ1n) is 6.61. The van der Waals surface area contributed by atoms with Crippen LogP contribution < -0.4 is 10.1 Å². The molecular weight excluding hydrogens is 311 g/mol. The van der Waals surface area contributed by atoms with Crippen molar-refractivity contribution in [2.24, 2.45) is 0 Å². The Kier molecular flexibility index (Phi) is 5.67. The quantitative estimate of drug-likeness (QED) is 0.820. The summed E-state index contributed by atoms with van der Waals surface area (Å²) < 4.78 is 5.67. The second-order valence-electron chi connectivity index (χ2n) is 4.44. The number of hydrogen-bond acceptors (Lipinski definition) is 4. The second kappa shape index (κ2) is 7.50. The van der Waals surface area contributed by atoms with Crippen LogP contribution in [0.4, 0.5) is 5.82 Å². The van der Waals surface area contributed by atoms with Crippen molar-refractivity contribution in [3.63, 3.8) is 0 Å². The van der Waals surface area contributed by atoms with Gasteiger partial charge in [-0.2, -0.15) is 4.98 Å². The van der Waals surface area contributed by atoms with Crippen molar-refractivity contribution in [1.29, 1.82) is 0 Å². The minimum absolute atomic E-state index is 0.0533. The van der Waals surface area contributed by atoms with E-state index in [1.807, 2.05) is 0 Å². The molecule has 0 saturated carbocycles. The zero-order valence-electron chi connectivity index (χ0n) is 11.6. The van der Waals surface area contributed by atoms with Gasteiger partial charge < -0.3 is 15.2 Å². The normalized spacial score (nSPS) is 10.5. The maximum atomic E-state index is 9.14. The van der Waals surface area contributed by atoms with Crippen LogP contribution in [-0.2, 0) is 6.61 Å². The van der Waals surface area contributed by atoms with E-state index in [9.17, 15) is 0 Å². The number of halogens is 2. The summed E-state index contributed by atoms with van der Waals surface area (Å²) in [6.07, 6.45) is 0.954. The minimum atomic E-state index is -0.0533. The Balaban J connectivity index is 2.25. The van der Waals surface area contributed by atoms with Gasteiger partial charge in [-0.3, -0.25) is 0 Å². The highest BCUT2D eigenvalue weighted by atomic mass is 35.5. The van der Waals surface area contributed by atoms with Crippen LogP contribution in [0.25, 0.3) is 0 Å². The highest BCUT2D eigenvalue weighted by Crippen LogP contribution is 2.33. The fourth-order valence-corrected chi connectivity index (χ4v) is 2.17. The first kappa shape index (κ1) is 15.9. The van der Waals surface area contributed by atoms with E-state index in [2.05, 4.69) is 17.2 Å². The van der Waals surface area contributed by atoms with Gasteiger partial charge in [0.1, 0.15) is 16.6 Å². The largest absolute Gasteiger partial charge is 0.437 e. The Bertz CT molecular complexity index is 621. The average Bonchev–Trinajstić information content (AvgIpc) is 2.49. The van der Waals surface area contributed by atoms with Gasteiger partial charge >= 0.3 is 0 Å². The number of nitrogens with one attached hydrogen (secondary N) is 1. The predicted molar refractivity (Wildman–Crippen MR) is 85.5 cm³/mol. The summed E-state index contributed by atoms with van der Waals surface area (Å²) in [5, 5.41) is 13.0. The van der Waals surface area contributed by atoms with Crippen molar-refractivity contribution >= 4 is 29.0 Å². The Labute approximate surface area is 133 Å². The molecule has 6 heteroatoms. The molecule has 1 heterocycles. The maximum Gasteiger partial charge on any atom is 0.240 e. The standard InChI is InChI=1S/C15H16Cl2N2O2/c1-2-6-18-14-12(16)8-13(17)15(19-14)21-11-5-3-4-10(7-11)9-20/h3-5,7-8,20H,2,6,9H2,1H3,(H,18,19). The third kappa shape index (κ3) is 4.24. The summed E-state index contributed by atoms with van der Waals surface area (Å²) in [5.41, 5.74) is 0.752. The molecule has 0 bridgehead atoms. The van der Waals surface area contributed by atoms with Crippen molar-refractivity contribution in [2.75, 3.05) is 11.9 Å². The van der Waals surface area contributed by atoms with Crippen LogP contribution >= 0.6 is 23.2 Å². The molecule has 2 rings (SSSR count). The van der Waals surface area contributed by atoms with E-state index in [-0.39, 0.29) is 12.5 Å². The molecule has 2 aromatic rings. The lowest BCUT2D eigenvalue weighted by atomic mass is 10.2. The maximum absolute atomic E-state index is 9.14. The van der Waals surface area contributed by atoms with E-state index in [4.69, 9.17) is 33.0 Å². The van der Waals surface area contributed by atoms with E-state index in [0.717, 1.165) is 18.5 Å². The lowest BCUT2D eigenvalue weighted by molar-refractivity contribution is 0.281. The molecule has 0 aliphatic carbocycles. The smallest absolute Gasteiger partial charge is 0.240 e. The summed E-state index contributed by atoms with van der Waals surface area (Å²) in [6.45, 7) is 2.75. The summed E-state index contributed by atoms with van der Waals surface area (Å²) >= 11 is 12.2. The van der Waals surface area contributed by atoms with Crippen molar-refractivity contribution in [3.05, 3.63) is 45.9 Å². The molecule has 0 saturated heterocycles. The zero-order chi connectivity index (χ0) is 15.2. The number of pyridine rings is 1. The molecule has 4 nitrogen and oxygen atoms in total. The van der Waals surface area contributed by atoms with Crippen molar-refractivity contribution in [1.82, 2.24) is 4.98 Å². The van der Waals surface area contributed by atoms with Gasteiger partial charge in [0.05, 0.1) is 11.6 Å². The summed E-state index contributed by atoms with van der Waals surface area (Å²) in [6, 6.07) is 8.69. The molecule has 0 fully saturated rings. The number of benzene rings is 1. The van der Waals surface area contributed by atoms with Crippen LogP contribution in [0.15, 0.2) is 30.3 Å². The molecule has 0 aliphatic rings. The molecule has 0 amide bonds. The first-order chi connectivity index (χ1) is 10.1. The Morgan fingerprint density at radius 3 is 2.76 bits per heavy atom. The number of ether oxygens (including phenoxy) is 1. The fourth-order valence-electron chi connectivity index (χ4n) is 1.71. The van der Waals surface area contributed by atoms with Gasteiger partial charge in [0.25, 0.3) is 0 Å². The number of hydrogen-bond donors (Lipinski definition) is 2. The van der Waals surface area contributed by atoms with Crippen molar-refractivity contribution in [2.45, 2.75) is 20.0 Å². The molecular formula is C15H16Cl2N2O2. The van der Waals surface area contributed by atoms with Crippen molar-refractivity contribution in [3.8, 4) is 11.6 Å². The molecule has 1 aromatic heterocycles. The number of nitrogens with zero attached hydrogens (tertiary/aromatic N) is 1. The monoisotopic (exact) mass is 326 g/mol. The Morgan fingerprint density at radius 2 is 2.05 bits per heavy atom.